The zero-order valence-corrected chi connectivity index (χ0v) is 18.0. The first-order valence-electron chi connectivity index (χ1n) is 11.0. The van der Waals surface area contributed by atoms with Gasteiger partial charge in [-0.25, -0.2) is 0 Å². The number of alkyl halides is 3. The zero-order valence-electron chi connectivity index (χ0n) is 18.0. The van der Waals surface area contributed by atoms with Gasteiger partial charge in [-0.15, -0.1) is 0 Å². The molecular weight excluding hydrogens is 459 g/mol. The van der Waals surface area contributed by atoms with Crippen molar-refractivity contribution in [1.29, 1.82) is 0 Å². The number of anilines is 2. The third-order valence-electron chi connectivity index (χ3n) is 7.33. The number of halogens is 3. The fourth-order valence-electron chi connectivity index (χ4n) is 6.07. The number of hydrogen-bond acceptors (Lipinski definition) is 4. The van der Waals surface area contributed by atoms with E-state index in [-0.39, 0.29) is 28.1 Å². The molecule has 1 saturated heterocycles. The van der Waals surface area contributed by atoms with Crippen LogP contribution in [0.1, 0.15) is 21.5 Å². The van der Waals surface area contributed by atoms with Gasteiger partial charge in [-0.2, -0.15) is 13.2 Å². The SMILES string of the molecule is O=C(c1ccccc1)[C@H]1[C@H](C(F)(F)F)N[C@]2(C(=O)Nc3ccccc32)[C@]12C(=O)Nc1ccccc12. The van der Waals surface area contributed by atoms with E-state index in [1.54, 1.807) is 54.6 Å². The Balaban J connectivity index is 1.74. The highest BCUT2D eigenvalue weighted by molar-refractivity contribution is 6.21. The molecule has 176 valence electrons. The Hall–Kier alpha value is -3.98. The minimum atomic E-state index is -4.94. The van der Waals surface area contributed by atoms with E-state index in [0.29, 0.717) is 0 Å². The van der Waals surface area contributed by atoms with Gasteiger partial charge in [0.2, 0.25) is 5.91 Å². The number of Topliss-reactive ketones (excluding diaryl/α,β-unsaturated/α-hetero) is 1. The Bertz CT molecular complexity index is 1410. The fraction of sp³-hybridized carbons (Fsp3) is 0.192. The van der Waals surface area contributed by atoms with Crippen LogP contribution in [0.4, 0.5) is 24.5 Å². The molecule has 6 rings (SSSR count). The quantitative estimate of drug-likeness (QED) is 0.491. The number of benzene rings is 3. The molecule has 0 radical (unpaired) electrons. The Morgan fingerprint density at radius 2 is 1.29 bits per heavy atom. The summed E-state index contributed by atoms with van der Waals surface area (Å²) in [4.78, 5) is 41.6. The van der Waals surface area contributed by atoms with Gasteiger partial charge in [-0.05, 0) is 17.7 Å². The lowest BCUT2D eigenvalue weighted by Crippen LogP contribution is -2.61. The smallest absolute Gasteiger partial charge is 0.325 e. The maximum atomic E-state index is 14.7. The van der Waals surface area contributed by atoms with Crippen molar-refractivity contribution in [3.63, 3.8) is 0 Å². The Kier molecular flexibility index (Phi) is 4.32. The van der Waals surface area contributed by atoms with Gasteiger partial charge in [0, 0.05) is 22.5 Å². The molecule has 2 spiro atoms. The molecule has 6 nitrogen and oxygen atoms in total. The van der Waals surface area contributed by atoms with Crippen LogP contribution < -0.4 is 16.0 Å². The van der Waals surface area contributed by atoms with Crippen molar-refractivity contribution in [2.45, 2.75) is 23.2 Å². The first kappa shape index (κ1) is 21.5. The van der Waals surface area contributed by atoms with Crippen LogP contribution in [0.3, 0.4) is 0 Å². The molecule has 35 heavy (non-hydrogen) atoms. The van der Waals surface area contributed by atoms with Crippen molar-refractivity contribution in [3.8, 4) is 0 Å². The second-order valence-corrected chi connectivity index (χ2v) is 8.93. The maximum Gasteiger partial charge on any atom is 0.404 e. The Labute approximate surface area is 197 Å². The van der Waals surface area contributed by atoms with Crippen molar-refractivity contribution in [3.05, 3.63) is 95.6 Å². The molecule has 4 atom stereocenters. The summed E-state index contributed by atoms with van der Waals surface area (Å²) in [5.41, 5.74) is -3.43. The predicted octanol–water partition coefficient (Wildman–Crippen LogP) is 3.76. The molecule has 3 aliphatic rings. The molecule has 3 aromatic carbocycles. The number of carbonyl (C=O) groups excluding carboxylic acids is 3. The lowest BCUT2D eigenvalue weighted by Gasteiger charge is -2.40. The first-order valence-corrected chi connectivity index (χ1v) is 11.0. The molecule has 2 amide bonds. The lowest BCUT2D eigenvalue weighted by atomic mass is 9.57. The average molecular weight is 477 g/mol. The Morgan fingerprint density at radius 1 is 0.743 bits per heavy atom. The van der Waals surface area contributed by atoms with E-state index in [1.165, 1.54) is 24.3 Å². The van der Waals surface area contributed by atoms with E-state index in [2.05, 4.69) is 16.0 Å². The van der Waals surface area contributed by atoms with E-state index >= 15 is 0 Å². The average Bonchev–Trinajstić information content (AvgIpc) is 3.44. The number of rotatable bonds is 2. The molecule has 1 fully saturated rings. The summed E-state index contributed by atoms with van der Waals surface area (Å²) in [7, 11) is 0. The fourth-order valence-corrected chi connectivity index (χ4v) is 6.07. The van der Waals surface area contributed by atoms with Crippen LogP contribution in [0.15, 0.2) is 78.9 Å². The van der Waals surface area contributed by atoms with Gasteiger partial charge in [0.1, 0.15) is 17.0 Å². The second kappa shape index (κ2) is 7.02. The van der Waals surface area contributed by atoms with Gasteiger partial charge >= 0.3 is 6.18 Å². The van der Waals surface area contributed by atoms with Crippen LogP contribution in [0, 0.1) is 5.92 Å². The third kappa shape index (κ3) is 2.56. The molecular formula is C26H18F3N3O3. The number of para-hydroxylation sites is 2. The number of fused-ring (bicyclic) bond motifs is 5. The highest BCUT2D eigenvalue weighted by Gasteiger charge is 2.80. The van der Waals surface area contributed by atoms with Crippen molar-refractivity contribution >= 4 is 29.0 Å². The largest absolute Gasteiger partial charge is 0.404 e. The van der Waals surface area contributed by atoms with Crippen LogP contribution in [0.25, 0.3) is 0 Å². The summed E-state index contributed by atoms with van der Waals surface area (Å²) in [6.45, 7) is 0. The summed E-state index contributed by atoms with van der Waals surface area (Å²) in [6, 6.07) is 17.7. The monoisotopic (exact) mass is 477 g/mol. The van der Waals surface area contributed by atoms with Gasteiger partial charge in [0.25, 0.3) is 5.91 Å². The number of carbonyl (C=O) groups is 3. The van der Waals surface area contributed by atoms with Crippen LogP contribution in [-0.2, 0) is 20.5 Å². The first-order chi connectivity index (χ1) is 16.7. The number of hydrogen-bond donors (Lipinski definition) is 3. The lowest BCUT2D eigenvalue weighted by molar-refractivity contribution is -0.160. The molecule has 0 unspecified atom stereocenters. The summed E-state index contributed by atoms with van der Waals surface area (Å²) < 4.78 is 44.1. The summed E-state index contributed by atoms with van der Waals surface area (Å²) in [6.07, 6.45) is -4.94. The summed E-state index contributed by atoms with van der Waals surface area (Å²) in [5.74, 6) is -4.48. The van der Waals surface area contributed by atoms with Crippen LogP contribution in [0.5, 0.6) is 0 Å². The van der Waals surface area contributed by atoms with Crippen molar-refractivity contribution < 1.29 is 27.6 Å². The molecule has 0 aromatic heterocycles. The van der Waals surface area contributed by atoms with Crippen LogP contribution in [-0.4, -0.2) is 29.8 Å². The van der Waals surface area contributed by atoms with E-state index in [0.717, 1.165) is 0 Å². The highest BCUT2D eigenvalue weighted by atomic mass is 19.4. The topological polar surface area (TPSA) is 87.3 Å². The van der Waals surface area contributed by atoms with Gasteiger partial charge in [-0.1, -0.05) is 66.7 Å². The highest BCUT2D eigenvalue weighted by Crippen LogP contribution is 2.63. The van der Waals surface area contributed by atoms with Crippen molar-refractivity contribution in [2.24, 2.45) is 5.92 Å². The second-order valence-electron chi connectivity index (χ2n) is 8.93. The predicted molar refractivity (Wildman–Crippen MR) is 121 cm³/mol. The minimum Gasteiger partial charge on any atom is -0.325 e. The summed E-state index contributed by atoms with van der Waals surface area (Å²) in [5, 5.41) is 7.80. The third-order valence-corrected chi connectivity index (χ3v) is 7.33. The van der Waals surface area contributed by atoms with Crippen molar-refractivity contribution in [2.75, 3.05) is 10.6 Å². The number of amides is 2. The normalized spacial score (nSPS) is 28.7. The maximum absolute atomic E-state index is 14.7. The number of ketones is 1. The van der Waals surface area contributed by atoms with E-state index in [9.17, 15) is 27.6 Å². The molecule has 0 bridgehead atoms. The molecule has 3 N–H and O–H groups in total. The molecule has 9 heteroatoms. The standard InChI is InChI=1S/C26H18F3N3O3/c27-26(28,29)21-19(20(33)14-8-2-1-3-9-14)24(15-10-4-6-12-17(15)30-22(24)34)25(32-21)16-11-5-7-13-18(16)31-23(25)35/h1-13,19,21,32H,(H,30,34)(H,31,35)/t19-,21+,24-,25+/m0/s1. The Morgan fingerprint density at radius 3 is 1.94 bits per heavy atom. The van der Waals surface area contributed by atoms with Gasteiger partial charge in [0.15, 0.2) is 5.78 Å². The van der Waals surface area contributed by atoms with E-state index < -0.39 is 46.7 Å². The molecule has 0 saturated carbocycles. The van der Waals surface area contributed by atoms with E-state index in [4.69, 9.17) is 0 Å². The minimum absolute atomic E-state index is 0.0221. The number of nitrogens with one attached hydrogen (secondary N) is 3. The van der Waals surface area contributed by atoms with Gasteiger partial charge in [-0.3, -0.25) is 19.7 Å². The van der Waals surface area contributed by atoms with E-state index in [1.807, 2.05) is 0 Å². The molecule has 3 heterocycles. The zero-order chi connectivity index (χ0) is 24.6. The van der Waals surface area contributed by atoms with Gasteiger partial charge in [0.05, 0.1) is 5.92 Å². The van der Waals surface area contributed by atoms with Crippen molar-refractivity contribution in [1.82, 2.24) is 5.32 Å². The van der Waals surface area contributed by atoms with Crippen LogP contribution in [0.2, 0.25) is 0 Å². The molecule has 3 aromatic rings. The molecule has 0 aliphatic carbocycles. The molecule has 3 aliphatic heterocycles. The van der Waals surface area contributed by atoms with Crippen LogP contribution >= 0.6 is 0 Å². The summed E-state index contributed by atoms with van der Waals surface area (Å²) >= 11 is 0. The van der Waals surface area contributed by atoms with Gasteiger partial charge < -0.3 is 10.6 Å².